The van der Waals surface area contributed by atoms with Gasteiger partial charge in [0.25, 0.3) is 0 Å². The molecule has 0 saturated heterocycles. The molecule has 338 valence electrons. The maximum absolute atomic E-state index is 14.2. The van der Waals surface area contributed by atoms with Crippen LogP contribution >= 0.6 is 11.3 Å². The van der Waals surface area contributed by atoms with Gasteiger partial charge in [-0.25, -0.2) is 4.98 Å². The molecule has 27 heteroatoms. The van der Waals surface area contributed by atoms with Crippen LogP contribution in [0.2, 0.25) is 0 Å². The van der Waals surface area contributed by atoms with Gasteiger partial charge in [-0.05, 0) is 24.3 Å². The second kappa shape index (κ2) is 16.2. The smallest absolute Gasteiger partial charge is 0.208 e. The molecule has 5 aromatic rings. The van der Waals surface area contributed by atoms with E-state index in [-0.39, 0.29) is 0 Å². The number of hydrogen-bond donors (Lipinski definition) is 0. The first-order chi connectivity index (χ1) is 27.8. The van der Waals surface area contributed by atoms with Crippen molar-refractivity contribution in [2.75, 3.05) is 0 Å². The summed E-state index contributed by atoms with van der Waals surface area (Å²) >= 11 is 1.66. The van der Waals surface area contributed by atoms with Gasteiger partial charge >= 0.3 is 49.4 Å². The Bertz CT molecular complexity index is 1900. The first-order valence-corrected chi connectivity index (χ1v) is 16.9. The van der Waals surface area contributed by atoms with Crippen molar-refractivity contribution in [3.05, 3.63) is 134 Å². The quantitative estimate of drug-likeness (QED) is 0.126. The summed E-state index contributed by atoms with van der Waals surface area (Å²) in [7, 11) is 0. The highest BCUT2D eigenvalue weighted by atomic mass is 32.1. The molecular weight excluding hydrogens is 933 g/mol. The number of alkyl halides is 24. The van der Waals surface area contributed by atoms with Gasteiger partial charge in [-0.3, -0.25) is 0 Å². The van der Waals surface area contributed by atoms with Gasteiger partial charge in [-0.15, -0.1) is 0 Å². The van der Waals surface area contributed by atoms with E-state index in [2.05, 4.69) is 4.98 Å². The molecule has 1 nitrogen and oxygen atoms in total. The standard InChI is InChI=1S/C32H12BF24.C3H3NS/c34-25(35,36)13-1-14(26(37,38)39)6-21(5-13)33(22-7-15(27(40,41)42)2-16(8-22)28(43,44)45,23-9-17(29(46,47)48)3-18(10-23)30(49,50)51)24-11-19(31(52,53)54)4-20(12-24)32(55,56)57;1-2-5-3-4-1/h1-12H;1-3H/q-1;/p+1. The van der Waals surface area contributed by atoms with Crippen LogP contribution in [0.5, 0.6) is 0 Å². The summed E-state index contributed by atoms with van der Waals surface area (Å²) in [6, 6.07) is -8.81. The van der Waals surface area contributed by atoms with E-state index in [0.717, 1.165) is 0 Å². The summed E-state index contributed by atoms with van der Waals surface area (Å²) < 4.78 is 341. The first-order valence-electron chi connectivity index (χ1n) is 16.0. The average Bonchev–Trinajstić information content (AvgIpc) is 3.69. The van der Waals surface area contributed by atoms with Crippen molar-refractivity contribution in [1.82, 2.24) is 0 Å². The van der Waals surface area contributed by atoms with Crippen molar-refractivity contribution in [3.63, 3.8) is 0 Å². The second-order valence-electron chi connectivity index (χ2n) is 12.9. The minimum absolute atomic E-state index is 0.691. The summed E-state index contributed by atoms with van der Waals surface area (Å²) in [6.45, 7) is 0. The van der Waals surface area contributed by atoms with Gasteiger partial charge in [-0.2, -0.15) is 127 Å². The molecule has 5 rings (SSSR count). The summed E-state index contributed by atoms with van der Waals surface area (Å²) in [5.74, 6) is 0. The number of nitrogens with one attached hydrogen (secondary N) is 1. The molecule has 0 atom stereocenters. The van der Waals surface area contributed by atoms with E-state index in [1.165, 1.54) is 0 Å². The lowest BCUT2D eigenvalue weighted by atomic mass is 9.12. The molecule has 0 spiro atoms. The van der Waals surface area contributed by atoms with Crippen LogP contribution in [-0.2, 0) is 49.4 Å². The molecular formula is C35H16BF24NS. The van der Waals surface area contributed by atoms with E-state index < -0.39 is 195 Å². The highest BCUT2D eigenvalue weighted by Crippen LogP contribution is 2.41. The number of benzene rings is 4. The Morgan fingerprint density at radius 1 is 0.290 bits per heavy atom. The summed E-state index contributed by atoms with van der Waals surface area (Å²) in [6.07, 6.45) is -52.9. The molecule has 0 amide bonds. The van der Waals surface area contributed by atoms with Crippen LogP contribution in [0.15, 0.2) is 89.9 Å². The van der Waals surface area contributed by atoms with Crippen LogP contribution in [-0.4, -0.2) is 6.15 Å². The van der Waals surface area contributed by atoms with E-state index >= 15 is 0 Å². The Labute approximate surface area is 333 Å². The first kappa shape index (κ1) is 49.5. The zero-order valence-corrected chi connectivity index (χ0v) is 30.0. The van der Waals surface area contributed by atoms with E-state index in [9.17, 15) is 105 Å². The molecule has 0 saturated carbocycles. The van der Waals surface area contributed by atoms with Crippen molar-refractivity contribution >= 4 is 39.3 Å². The Morgan fingerprint density at radius 2 is 0.468 bits per heavy atom. The fourth-order valence-corrected chi connectivity index (χ4v) is 6.66. The molecule has 62 heavy (non-hydrogen) atoms. The van der Waals surface area contributed by atoms with Crippen molar-refractivity contribution in [2.24, 2.45) is 0 Å². The lowest BCUT2D eigenvalue weighted by molar-refractivity contribution is -0.370. The number of rotatable bonds is 4. The van der Waals surface area contributed by atoms with Gasteiger partial charge in [0.1, 0.15) is 6.15 Å². The van der Waals surface area contributed by atoms with Crippen LogP contribution < -0.4 is 26.8 Å². The van der Waals surface area contributed by atoms with Crippen LogP contribution in [0.3, 0.4) is 0 Å². The average molecular weight is 949 g/mol. The van der Waals surface area contributed by atoms with Gasteiger partial charge < -0.3 is 0 Å². The Hall–Kier alpha value is -5.11. The molecule has 4 aromatic carbocycles. The lowest BCUT2D eigenvalue weighted by Gasteiger charge is -2.46. The molecule has 1 aromatic heterocycles. The molecule has 0 aliphatic carbocycles. The highest BCUT2D eigenvalue weighted by Gasteiger charge is 2.47. The van der Waals surface area contributed by atoms with E-state index in [1.54, 1.807) is 11.3 Å². The van der Waals surface area contributed by atoms with Crippen molar-refractivity contribution in [3.8, 4) is 0 Å². The molecule has 0 aliphatic heterocycles. The van der Waals surface area contributed by atoms with Gasteiger partial charge in [0, 0.05) is 0 Å². The van der Waals surface area contributed by atoms with E-state index in [4.69, 9.17) is 0 Å². The number of halogens is 24. The molecule has 0 fully saturated rings. The zero-order chi connectivity index (χ0) is 47.4. The number of aromatic nitrogens is 1. The minimum Gasteiger partial charge on any atom is -0.208 e. The highest BCUT2D eigenvalue weighted by molar-refractivity contribution is 7.20. The predicted molar refractivity (Wildman–Crippen MR) is 171 cm³/mol. The fourth-order valence-electron chi connectivity index (χ4n) is 6.27. The monoisotopic (exact) mass is 949 g/mol. The minimum atomic E-state index is -6.13. The number of aromatic amines is 1. The number of thiazole rings is 1. The SMILES string of the molecule is FC(F)(F)c1cc([B-](c2cc(C(F)(F)F)cc(C(F)(F)F)c2)(c2cc(C(F)(F)F)cc(C(F)(F)F)c2)c2cc(C(F)(F)F)cc(C(F)(F)F)c2)cc(C(F)(F)F)c1.c1csc[nH+]1. The lowest BCUT2D eigenvalue weighted by Crippen LogP contribution is -2.75. The van der Waals surface area contributed by atoms with Gasteiger partial charge in [0.05, 0.1) is 49.9 Å². The third kappa shape index (κ3) is 11.1. The van der Waals surface area contributed by atoms with E-state index in [0.29, 0.717) is 0 Å². The Morgan fingerprint density at radius 3 is 0.565 bits per heavy atom. The van der Waals surface area contributed by atoms with Crippen molar-refractivity contribution in [1.29, 1.82) is 0 Å². The topological polar surface area (TPSA) is 14.1 Å². The third-order valence-electron chi connectivity index (χ3n) is 8.82. The molecule has 0 unspecified atom stereocenters. The maximum Gasteiger partial charge on any atom is 0.416 e. The summed E-state index contributed by atoms with van der Waals surface area (Å²) in [5.41, 5.74) is -28.3. The fraction of sp³-hybridized carbons (Fsp3) is 0.229. The van der Waals surface area contributed by atoms with Crippen LogP contribution in [0, 0.1) is 0 Å². The van der Waals surface area contributed by atoms with Crippen molar-refractivity contribution < 1.29 is 110 Å². The van der Waals surface area contributed by atoms with Gasteiger partial charge in [0.15, 0.2) is 6.20 Å². The van der Waals surface area contributed by atoms with Crippen LogP contribution in [0.1, 0.15) is 44.5 Å². The Balaban J connectivity index is 0.00000157. The van der Waals surface area contributed by atoms with Crippen molar-refractivity contribution in [2.45, 2.75) is 49.4 Å². The number of hydrogen-bond acceptors (Lipinski definition) is 1. The molecule has 1 N–H and O–H groups in total. The Kier molecular flexibility index (Phi) is 13.0. The largest absolute Gasteiger partial charge is 0.416 e. The normalized spacial score (nSPS) is 13.8. The molecule has 1 heterocycles. The van der Waals surface area contributed by atoms with Crippen LogP contribution in [0.4, 0.5) is 105 Å². The molecule has 0 aliphatic rings. The summed E-state index contributed by atoms with van der Waals surface area (Å²) in [4.78, 5) is 2.88. The molecule has 0 bridgehead atoms. The van der Waals surface area contributed by atoms with Gasteiger partial charge in [0.2, 0.25) is 5.51 Å². The predicted octanol–water partition coefficient (Wildman–Crippen LogP) is 11.8. The summed E-state index contributed by atoms with van der Waals surface area (Å²) in [5, 5.41) is 1.99. The van der Waals surface area contributed by atoms with Gasteiger partial charge in [-0.1, -0.05) is 59.9 Å². The maximum atomic E-state index is 14.2. The van der Waals surface area contributed by atoms with E-state index in [1.807, 2.05) is 17.1 Å². The zero-order valence-electron chi connectivity index (χ0n) is 29.2. The number of H-pyrrole nitrogens is 1. The third-order valence-corrected chi connectivity index (χ3v) is 9.38. The molecule has 0 radical (unpaired) electrons. The second-order valence-corrected chi connectivity index (χ2v) is 13.7. The van der Waals surface area contributed by atoms with Crippen LogP contribution in [0.25, 0.3) is 0 Å².